The fourth-order valence-corrected chi connectivity index (χ4v) is 1.91. The van der Waals surface area contributed by atoms with Gasteiger partial charge in [-0.25, -0.2) is 0 Å². The molecule has 0 saturated carbocycles. The van der Waals surface area contributed by atoms with Crippen molar-refractivity contribution in [2.45, 2.75) is 25.7 Å². The van der Waals surface area contributed by atoms with Gasteiger partial charge in [0.15, 0.2) is 0 Å². The highest BCUT2D eigenvalue weighted by Gasteiger charge is 2.13. The zero-order valence-electron chi connectivity index (χ0n) is 11.7. The third-order valence-electron chi connectivity index (χ3n) is 3.29. The zero-order chi connectivity index (χ0) is 15.2. The SMILES string of the molecule is C[C@H](C(=O)O)c1ccc(NC(=O)CCc2ccoc2)cc1. The molecule has 2 N–H and O–H groups in total. The molecule has 1 aromatic heterocycles. The van der Waals surface area contributed by atoms with Gasteiger partial charge in [0.25, 0.3) is 0 Å². The highest BCUT2D eigenvalue weighted by molar-refractivity contribution is 5.90. The van der Waals surface area contributed by atoms with Crippen LogP contribution in [0.5, 0.6) is 0 Å². The van der Waals surface area contributed by atoms with Gasteiger partial charge in [-0.05, 0) is 42.7 Å². The minimum Gasteiger partial charge on any atom is -0.481 e. The minimum atomic E-state index is -0.869. The number of aryl methyl sites for hydroxylation is 1. The summed E-state index contributed by atoms with van der Waals surface area (Å²) in [5, 5.41) is 11.7. The summed E-state index contributed by atoms with van der Waals surface area (Å²) in [6, 6.07) is 8.68. The number of benzene rings is 1. The van der Waals surface area contributed by atoms with Crippen LogP contribution in [0.1, 0.15) is 30.4 Å². The molecule has 0 aliphatic carbocycles. The lowest BCUT2D eigenvalue weighted by Gasteiger charge is -2.09. The van der Waals surface area contributed by atoms with Crippen molar-refractivity contribution in [2.75, 3.05) is 5.32 Å². The molecule has 0 bridgehead atoms. The molecule has 110 valence electrons. The number of aliphatic carboxylic acids is 1. The summed E-state index contributed by atoms with van der Waals surface area (Å²) in [6.07, 6.45) is 4.19. The van der Waals surface area contributed by atoms with E-state index in [1.54, 1.807) is 43.7 Å². The lowest BCUT2D eigenvalue weighted by molar-refractivity contribution is -0.138. The molecule has 1 amide bonds. The predicted octanol–water partition coefficient (Wildman–Crippen LogP) is 3.04. The van der Waals surface area contributed by atoms with Crippen molar-refractivity contribution >= 4 is 17.6 Å². The van der Waals surface area contributed by atoms with Gasteiger partial charge in [-0.1, -0.05) is 12.1 Å². The summed E-state index contributed by atoms with van der Waals surface area (Å²) in [7, 11) is 0. The van der Waals surface area contributed by atoms with E-state index in [-0.39, 0.29) is 5.91 Å². The number of carboxylic acids is 1. The molecule has 2 aromatic rings. The highest BCUT2D eigenvalue weighted by Crippen LogP contribution is 2.18. The molecule has 0 saturated heterocycles. The van der Waals surface area contributed by atoms with Crippen LogP contribution in [0.2, 0.25) is 0 Å². The summed E-state index contributed by atoms with van der Waals surface area (Å²) >= 11 is 0. The Morgan fingerprint density at radius 1 is 1.24 bits per heavy atom. The molecule has 5 heteroatoms. The Morgan fingerprint density at radius 3 is 2.52 bits per heavy atom. The quantitative estimate of drug-likeness (QED) is 0.855. The van der Waals surface area contributed by atoms with E-state index in [0.29, 0.717) is 24.1 Å². The van der Waals surface area contributed by atoms with Crippen molar-refractivity contribution in [1.82, 2.24) is 0 Å². The zero-order valence-corrected chi connectivity index (χ0v) is 11.7. The van der Waals surface area contributed by atoms with E-state index in [1.165, 1.54) is 0 Å². The summed E-state index contributed by atoms with van der Waals surface area (Å²) in [5.41, 5.74) is 2.35. The number of carbonyl (C=O) groups excluding carboxylic acids is 1. The fraction of sp³-hybridized carbons (Fsp3) is 0.250. The fourth-order valence-electron chi connectivity index (χ4n) is 1.91. The van der Waals surface area contributed by atoms with Gasteiger partial charge in [0.1, 0.15) is 0 Å². The van der Waals surface area contributed by atoms with E-state index in [0.717, 1.165) is 5.56 Å². The first-order valence-electron chi connectivity index (χ1n) is 6.70. The smallest absolute Gasteiger partial charge is 0.310 e. The molecule has 0 radical (unpaired) electrons. The molecule has 0 unspecified atom stereocenters. The first-order chi connectivity index (χ1) is 10.1. The number of hydrogen-bond donors (Lipinski definition) is 2. The largest absolute Gasteiger partial charge is 0.481 e. The van der Waals surface area contributed by atoms with Gasteiger partial charge in [0.05, 0.1) is 18.4 Å². The number of carboxylic acid groups (broad SMARTS) is 1. The third kappa shape index (κ3) is 4.21. The van der Waals surface area contributed by atoms with Crippen LogP contribution in [0.3, 0.4) is 0 Å². The maximum absolute atomic E-state index is 11.8. The standard InChI is InChI=1S/C16H17NO4/c1-11(16(19)20)13-3-5-14(6-4-13)17-15(18)7-2-12-8-9-21-10-12/h3-6,8-11H,2,7H2,1H3,(H,17,18)(H,19,20)/t11-/m0/s1. The van der Waals surface area contributed by atoms with Crippen molar-refractivity contribution in [3.8, 4) is 0 Å². The van der Waals surface area contributed by atoms with Crippen molar-refractivity contribution in [3.05, 3.63) is 54.0 Å². The van der Waals surface area contributed by atoms with Crippen LogP contribution in [0.4, 0.5) is 5.69 Å². The van der Waals surface area contributed by atoms with Crippen LogP contribution >= 0.6 is 0 Å². The summed E-state index contributed by atoms with van der Waals surface area (Å²) in [6.45, 7) is 1.63. The topological polar surface area (TPSA) is 79.5 Å². The van der Waals surface area contributed by atoms with E-state index >= 15 is 0 Å². The second-order valence-corrected chi connectivity index (χ2v) is 4.86. The number of amides is 1. The van der Waals surface area contributed by atoms with Crippen LogP contribution in [0.15, 0.2) is 47.3 Å². The molecular formula is C16H17NO4. The van der Waals surface area contributed by atoms with Crippen LogP contribution in [0, 0.1) is 0 Å². The number of nitrogens with one attached hydrogen (secondary N) is 1. The molecular weight excluding hydrogens is 270 g/mol. The lowest BCUT2D eigenvalue weighted by atomic mass is 10.0. The van der Waals surface area contributed by atoms with E-state index in [1.807, 2.05) is 6.07 Å². The van der Waals surface area contributed by atoms with Crippen LogP contribution in [-0.2, 0) is 16.0 Å². The van der Waals surface area contributed by atoms with Crippen LogP contribution < -0.4 is 5.32 Å². The van der Waals surface area contributed by atoms with E-state index in [9.17, 15) is 9.59 Å². The highest BCUT2D eigenvalue weighted by atomic mass is 16.4. The monoisotopic (exact) mass is 287 g/mol. The number of carbonyl (C=O) groups is 2. The van der Waals surface area contributed by atoms with Crippen molar-refractivity contribution in [1.29, 1.82) is 0 Å². The van der Waals surface area contributed by atoms with Gasteiger partial charge in [0.2, 0.25) is 5.91 Å². The number of furan rings is 1. The first-order valence-corrected chi connectivity index (χ1v) is 6.70. The normalized spacial score (nSPS) is 11.9. The maximum atomic E-state index is 11.8. The minimum absolute atomic E-state index is 0.0877. The van der Waals surface area contributed by atoms with Crippen molar-refractivity contribution in [3.63, 3.8) is 0 Å². The predicted molar refractivity (Wildman–Crippen MR) is 78.2 cm³/mol. The van der Waals surface area contributed by atoms with Gasteiger partial charge in [-0.3, -0.25) is 9.59 Å². The summed E-state index contributed by atoms with van der Waals surface area (Å²) in [5.74, 6) is -1.52. The summed E-state index contributed by atoms with van der Waals surface area (Å²) < 4.78 is 4.94. The molecule has 0 aliphatic heterocycles. The Morgan fingerprint density at radius 2 is 1.95 bits per heavy atom. The number of rotatable bonds is 6. The van der Waals surface area contributed by atoms with E-state index in [4.69, 9.17) is 9.52 Å². The van der Waals surface area contributed by atoms with E-state index in [2.05, 4.69) is 5.32 Å². The Labute approximate surface area is 122 Å². The van der Waals surface area contributed by atoms with Crippen molar-refractivity contribution < 1.29 is 19.1 Å². The Bertz CT molecular complexity index is 602. The molecule has 1 heterocycles. The molecule has 1 aromatic carbocycles. The van der Waals surface area contributed by atoms with Crippen LogP contribution in [-0.4, -0.2) is 17.0 Å². The molecule has 0 spiro atoms. The Hall–Kier alpha value is -2.56. The van der Waals surface area contributed by atoms with Gasteiger partial charge >= 0.3 is 5.97 Å². The second-order valence-electron chi connectivity index (χ2n) is 4.86. The average Bonchev–Trinajstić information content (AvgIpc) is 2.98. The van der Waals surface area contributed by atoms with E-state index < -0.39 is 11.9 Å². The van der Waals surface area contributed by atoms with Crippen molar-refractivity contribution in [2.24, 2.45) is 0 Å². The number of hydrogen-bond acceptors (Lipinski definition) is 3. The molecule has 0 fully saturated rings. The van der Waals surface area contributed by atoms with Gasteiger partial charge in [0, 0.05) is 12.1 Å². The number of anilines is 1. The maximum Gasteiger partial charge on any atom is 0.310 e. The Balaban J connectivity index is 1.88. The molecule has 0 aliphatic rings. The average molecular weight is 287 g/mol. The van der Waals surface area contributed by atoms with Crippen LogP contribution in [0.25, 0.3) is 0 Å². The second kappa shape index (κ2) is 6.74. The Kier molecular flexibility index (Phi) is 4.77. The molecule has 1 atom stereocenters. The summed E-state index contributed by atoms with van der Waals surface area (Å²) in [4.78, 5) is 22.7. The molecule has 21 heavy (non-hydrogen) atoms. The molecule has 5 nitrogen and oxygen atoms in total. The molecule has 2 rings (SSSR count). The van der Waals surface area contributed by atoms with Gasteiger partial charge < -0.3 is 14.8 Å². The third-order valence-corrected chi connectivity index (χ3v) is 3.29. The van der Waals surface area contributed by atoms with Gasteiger partial charge in [-0.2, -0.15) is 0 Å². The van der Waals surface area contributed by atoms with Gasteiger partial charge in [-0.15, -0.1) is 0 Å². The first kappa shape index (κ1) is 14.8. The lowest BCUT2D eigenvalue weighted by Crippen LogP contribution is -2.12.